The number of aliphatic hydroxyl groups is 1. The summed E-state index contributed by atoms with van der Waals surface area (Å²) in [4.78, 5) is 33.6. The van der Waals surface area contributed by atoms with Crippen LogP contribution in [0.4, 0.5) is 11.5 Å². The van der Waals surface area contributed by atoms with E-state index in [0.717, 1.165) is 16.8 Å². The van der Waals surface area contributed by atoms with Crippen LogP contribution in [-0.4, -0.2) is 93.7 Å². The zero-order valence-corrected chi connectivity index (χ0v) is 23.1. The molecule has 2 aromatic rings. The summed E-state index contributed by atoms with van der Waals surface area (Å²) in [5, 5.41) is 9.87. The van der Waals surface area contributed by atoms with Crippen molar-refractivity contribution in [2.45, 2.75) is 73.2 Å². The number of nitrogens with zero attached hydrogens (tertiary/aromatic N) is 3. The zero-order valence-electron chi connectivity index (χ0n) is 22.3. The topological polar surface area (TPSA) is 95.0 Å². The van der Waals surface area contributed by atoms with Crippen LogP contribution in [0.1, 0.15) is 50.2 Å². The number of hydrogen-bond donors (Lipinski definition) is 2. The molecule has 1 aliphatic carbocycles. The number of amides is 2. The van der Waals surface area contributed by atoms with Crippen LogP contribution in [0, 0.1) is 0 Å². The van der Waals surface area contributed by atoms with Gasteiger partial charge in [-0.1, -0.05) is 11.6 Å². The molecule has 2 N–H and O–H groups in total. The number of halogens is 1. The summed E-state index contributed by atoms with van der Waals surface area (Å²) in [7, 11) is 25.9. The van der Waals surface area contributed by atoms with Crippen LogP contribution in [0.15, 0.2) is 30.5 Å². The van der Waals surface area contributed by atoms with Crippen molar-refractivity contribution < 1.29 is 19.4 Å². The van der Waals surface area contributed by atoms with Crippen molar-refractivity contribution in [3.63, 3.8) is 0 Å². The standard InChI is InChI=1S/C27H27B4ClN4O4/c1-24(39)12-17(13-24)36-21(37)5-2-15-10-18(14-33-22(15)36)40-27(30,31)26(28,29)35-8-6-25(7-9-35)19-11-16(32)3-4-20(19)34-23(25)38/h3-4,10-11,14,17,39H,2,5-9,12-13H2,1H3,(H,34,38). The van der Waals surface area contributed by atoms with E-state index in [1.807, 2.05) is 12.1 Å². The number of carbonyl (C=O) groups is 2. The fourth-order valence-corrected chi connectivity index (χ4v) is 6.77. The van der Waals surface area contributed by atoms with Crippen molar-refractivity contribution in [1.82, 2.24) is 9.88 Å². The van der Waals surface area contributed by atoms with E-state index in [-0.39, 0.29) is 23.6 Å². The first kappa shape index (κ1) is 27.7. The number of benzene rings is 1. The Morgan fingerprint density at radius 2 is 1.82 bits per heavy atom. The molecule has 1 saturated heterocycles. The quantitative estimate of drug-likeness (QED) is 0.546. The zero-order chi connectivity index (χ0) is 28.7. The number of piperidine rings is 1. The van der Waals surface area contributed by atoms with Gasteiger partial charge in [0.15, 0.2) is 0 Å². The second kappa shape index (κ2) is 9.30. The first-order valence-corrected chi connectivity index (χ1v) is 13.8. The summed E-state index contributed by atoms with van der Waals surface area (Å²) in [6.45, 7) is 2.45. The third kappa shape index (κ3) is 4.38. The second-order valence-corrected chi connectivity index (χ2v) is 12.3. The molecular formula is C27H27B4ClN4O4. The fraction of sp³-hybridized carbons (Fsp3) is 0.519. The van der Waals surface area contributed by atoms with Crippen molar-refractivity contribution in [2.24, 2.45) is 0 Å². The highest BCUT2D eigenvalue weighted by Gasteiger charge is 2.52. The minimum atomic E-state index is -2.02. The summed E-state index contributed by atoms with van der Waals surface area (Å²) < 4.78 is 5.95. The van der Waals surface area contributed by atoms with E-state index in [1.165, 1.54) is 6.20 Å². The fourth-order valence-electron chi connectivity index (χ4n) is 6.60. The molecule has 13 heteroatoms. The molecule has 1 spiro atoms. The smallest absolute Gasteiger partial charge is 0.235 e. The van der Waals surface area contributed by atoms with Crippen molar-refractivity contribution in [1.29, 1.82) is 0 Å². The van der Waals surface area contributed by atoms with Crippen LogP contribution in [0.3, 0.4) is 0 Å². The van der Waals surface area contributed by atoms with E-state index in [1.54, 1.807) is 28.9 Å². The van der Waals surface area contributed by atoms with Gasteiger partial charge in [0.05, 0.1) is 32.9 Å². The highest BCUT2D eigenvalue weighted by molar-refractivity contribution is 6.54. The van der Waals surface area contributed by atoms with Gasteiger partial charge in [-0.2, -0.15) is 0 Å². The molecule has 0 bridgehead atoms. The first-order chi connectivity index (χ1) is 18.7. The molecule has 3 aliphatic heterocycles. The monoisotopic (exact) mass is 550 g/mol. The molecule has 4 heterocycles. The van der Waals surface area contributed by atoms with E-state index in [0.29, 0.717) is 62.5 Å². The van der Waals surface area contributed by atoms with Gasteiger partial charge in [0, 0.05) is 28.6 Å². The Bertz CT molecular complexity index is 1390. The Balaban J connectivity index is 1.17. The van der Waals surface area contributed by atoms with Gasteiger partial charge in [-0.05, 0) is 92.8 Å². The van der Waals surface area contributed by atoms with Gasteiger partial charge in [-0.3, -0.25) is 14.5 Å². The van der Waals surface area contributed by atoms with Gasteiger partial charge in [-0.15, -0.1) is 0 Å². The number of nitrogens with one attached hydrogen (secondary N) is 1. The average molecular weight is 550 g/mol. The molecule has 8 nitrogen and oxygen atoms in total. The predicted molar refractivity (Wildman–Crippen MR) is 155 cm³/mol. The Morgan fingerprint density at radius 3 is 2.50 bits per heavy atom. The SMILES string of the molecule is [B]C([B])(Oc1cnc2c(c1)CCC(=O)N2C1CC(C)(O)C1)C([B])([B])N1CCC2(CC1)C(=O)Nc1ccc(Cl)cc12. The number of fused-ring (bicyclic) bond motifs is 3. The number of likely N-dealkylation sites (tertiary alicyclic amines) is 1. The number of aromatic nitrogens is 1. The normalized spacial score (nSPS) is 26.2. The van der Waals surface area contributed by atoms with Gasteiger partial charge in [0.2, 0.25) is 11.8 Å². The molecule has 1 aromatic carbocycles. The van der Waals surface area contributed by atoms with Gasteiger partial charge in [-0.25, -0.2) is 4.98 Å². The van der Waals surface area contributed by atoms with Gasteiger partial charge < -0.3 is 20.1 Å². The van der Waals surface area contributed by atoms with Crippen LogP contribution in [0.2, 0.25) is 5.02 Å². The minimum Gasteiger partial charge on any atom is -0.505 e. The lowest BCUT2D eigenvalue weighted by molar-refractivity contribution is -0.123. The second-order valence-electron chi connectivity index (χ2n) is 11.9. The van der Waals surface area contributed by atoms with Crippen LogP contribution in [-0.2, 0) is 21.4 Å². The van der Waals surface area contributed by atoms with Crippen molar-refractivity contribution in [2.75, 3.05) is 23.3 Å². The average Bonchev–Trinajstić information content (AvgIpc) is 3.13. The predicted octanol–water partition coefficient (Wildman–Crippen LogP) is 1.27. The Hall–Kier alpha value is -2.42. The summed E-state index contributed by atoms with van der Waals surface area (Å²) in [6, 6.07) is 7.03. The lowest BCUT2D eigenvalue weighted by Crippen LogP contribution is -2.71. The number of pyridine rings is 1. The van der Waals surface area contributed by atoms with Crippen molar-refractivity contribution >= 4 is 66.3 Å². The molecule has 2 amide bonds. The number of aryl methyl sites for hydroxylation is 1. The van der Waals surface area contributed by atoms with E-state index in [4.69, 9.17) is 47.7 Å². The van der Waals surface area contributed by atoms with Gasteiger partial charge in [0.1, 0.15) is 27.3 Å². The summed E-state index contributed by atoms with van der Waals surface area (Å²) in [6.07, 6.45) is 4.12. The molecule has 198 valence electrons. The third-order valence-electron chi connectivity index (χ3n) is 8.97. The lowest BCUT2D eigenvalue weighted by Gasteiger charge is -2.54. The highest BCUT2D eigenvalue weighted by atomic mass is 35.5. The van der Waals surface area contributed by atoms with E-state index < -0.39 is 21.8 Å². The largest absolute Gasteiger partial charge is 0.505 e. The maximum atomic E-state index is 13.0. The number of ether oxygens (including phenoxy) is 1. The number of hydrogen-bond acceptors (Lipinski definition) is 6. The molecule has 40 heavy (non-hydrogen) atoms. The van der Waals surface area contributed by atoms with Crippen molar-refractivity contribution in [3.05, 3.63) is 46.6 Å². The van der Waals surface area contributed by atoms with Crippen LogP contribution in [0.5, 0.6) is 5.75 Å². The number of anilines is 2. The Labute approximate surface area is 244 Å². The van der Waals surface area contributed by atoms with Crippen LogP contribution < -0.4 is 15.0 Å². The Morgan fingerprint density at radius 1 is 1.12 bits per heavy atom. The van der Waals surface area contributed by atoms with Gasteiger partial charge in [0.25, 0.3) is 0 Å². The van der Waals surface area contributed by atoms with Crippen LogP contribution >= 0.6 is 11.6 Å². The third-order valence-corrected chi connectivity index (χ3v) is 9.21. The maximum absolute atomic E-state index is 13.0. The molecule has 2 fully saturated rings. The lowest BCUT2D eigenvalue weighted by atomic mass is 9.39. The molecule has 4 aliphatic rings. The first-order valence-electron chi connectivity index (χ1n) is 13.5. The number of rotatable bonds is 5. The Kier molecular flexibility index (Phi) is 6.45. The van der Waals surface area contributed by atoms with Crippen LogP contribution in [0.25, 0.3) is 0 Å². The minimum absolute atomic E-state index is 0.0205. The molecule has 0 atom stereocenters. The van der Waals surface area contributed by atoms with E-state index in [9.17, 15) is 14.7 Å². The summed E-state index contributed by atoms with van der Waals surface area (Å²) in [5.41, 5.74) is 0.920. The molecule has 0 unspecified atom stereocenters. The van der Waals surface area contributed by atoms with Crippen molar-refractivity contribution in [3.8, 4) is 5.75 Å². The maximum Gasteiger partial charge on any atom is 0.235 e. The molecule has 1 saturated carbocycles. The molecule has 6 rings (SSSR count). The van der Waals surface area contributed by atoms with E-state index >= 15 is 0 Å². The molecule has 8 radical (unpaired) electrons. The summed E-state index contributed by atoms with van der Waals surface area (Å²) >= 11 is 6.23. The number of carbonyl (C=O) groups excluding carboxylic acids is 2. The molecule has 1 aromatic heterocycles. The van der Waals surface area contributed by atoms with E-state index in [2.05, 4.69) is 10.3 Å². The van der Waals surface area contributed by atoms with Gasteiger partial charge >= 0.3 is 0 Å². The molecular weight excluding hydrogens is 523 g/mol. The highest BCUT2D eigenvalue weighted by Crippen LogP contribution is 2.47. The summed E-state index contributed by atoms with van der Waals surface area (Å²) in [5.74, 6) is 0.719.